The molecular weight excluding hydrogens is 381 g/mol. The van der Waals surface area contributed by atoms with Gasteiger partial charge in [-0.15, -0.1) is 5.10 Å². The summed E-state index contributed by atoms with van der Waals surface area (Å²) in [5.41, 5.74) is 1.35. The van der Waals surface area contributed by atoms with Crippen molar-refractivity contribution in [3.63, 3.8) is 0 Å². The monoisotopic (exact) mass is 393 g/mol. The number of nitrogens with one attached hydrogen (secondary N) is 1. The Balaban J connectivity index is 1.68. The molecule has 0 bridgehead atoms. The second kappa shape index (κ2) is 7.91. The number of nitrogens with zero attached hydrogens (tertiary/aromatic N) is 2. The lowest BCUT2D eigenvalue weighted by Crippen LogP contribution is -2.26. The van der Waals surface area contributed by atoms with Crippen LogP contribution in [0, 0.1) is 0 Å². The third kappa shape index (κ3) is 4.54. The first-order chi connectivity index (χ1) is 12.0. The van der Waals surface area contributed by atoms with Gasteiger partial charge in [-0.05, 0) is 42.3 Å². The zero-order valence-corrected chi connectivity index (χ0v) is 15.1. The van der Waals surface area contributed by atoms with E-state index < -0.39 is 0 Å². The molecule has 1 amide bonds. The maximum atomic E-state index is 12.1. The molecule has 0 aliphatic carbocycles. The number of amidine groups is 1. The van der Waals surface area contributed by atoms with Crippen molar-refractivity contribution in [3.05, 3.63) is 63.6 Å². The molecule has 1 atom stereocenters. The van der Waals surface area contributed by atoms with E-state index in [1.807, 2.05) is 0 Å². The maximum absolute atomic E-state index is 12.1. The van der Waals surface area contributed by atoms with Crippen molar-refractivity contribution in [1.82, 2.24) is 5.32 Å². The van der Waals surface area contributed by atoms with Crippen LogP contribution in [0.4, 0.5) is 0 Å². The lowest BCUT2D eigenvalue weighted by atomic mass is 10.1. The van der Waals surface area contributed by atoms with E-state index in [9.17, 15) is 9.90 Å². The van der Waals surface area contributed by atoms with E-state index in [4.69, 9.17) is 23.2 Å². The van der Waals surface area contributed by atoms with Crippen LogP contribution in [-0.4, -0.2) is 27.6 Å². The Hall–Kier alpha value is -2.02. The van der Waals surface area contributed by atoms with E-state index in [1.54, 1.807) is 42.5 Å². The molecule has 1 aliphatic heterocycles. The third-order valence-corrected chi connectivity index (χ3v) is 5.15. The second-order valence-electron chi connectivity index (χ2n) is 5.24. The van der Waals surface area contributed by atoms with Crippen molar-refractivity contribution in [2.24, 2.45) is 10.2 Å². The number of hydrogen-bond donors (Lipinski definition) is 2. The lowest BCUT2D eigenvalue weighted by molar-refractivity contribution is -0.118. The summed E-state index contributed by atoms with van der Waals surface area (Å²) in [6, 6.07) is 11.9. The minimum atomic E-state index is -0.352. The molecule has 2 N–H and O–H groups in total. The highest BCUT2D eigenvalue weighted by atomic mass is 35.5. The molecule has 1 fully saturated rings. The number of carbonyl (C=O) groups is 1. The molecule has 5 nitrogen and oxygen atoms in total. The number of aromatic hydroxyl groups is 1. The molecule has 0 unspecified atom stereocenters. The van der Waals surface area contributed by atoms with Crippen LogP contribution >= 0.6 is 35.0 Å². The van der Waals surface area contributed by atoms with E-state index in [0.29, 0.717) is 27.2 Å². The number of para-hydroxylation sites is 1. The standard InChI is InChI=1S/C17H13Cl2N3O2S/c18-12-5-6-13(19)11(7-12)8-15-16(24)21-17(25-15)22-20-9-10-3-1-2-4-14(10)23/h1-7,9,15,23H,8H2,(H,21,22,24)/b20-9+/t15-/m1/s1. The predicted octanol–water partition coefficient (Wildman–Crippen LogP) is 3.86. The molecule has 2 aromatic rings. The van der Waals surface area contributed by atoms with Gasteiger partial charge in [0.25, 0.3) is 0 Å². The fraction of sp³-hybridized carbons (Fsp3) is 0.118. The molecule has 25 heavy (non-hydrogen) atoms. The Labute approximate surface area is 158 Å². The molecule has 0 aromatic heterocycles. The number of benzene rings is 2. The van der Waals surface area contributed by atoms with Crippen LogP contribution in [0.25, 0.3) is 0 Å². The van der Waals surface area contributed by atoms with Crippen molar-refractivity contribution in [3.8, 4) is 5.75 Å². The van der Waals surface area contributed by atoms with Gasteiger partial charge in [-0.25, -0.2) is 0 Å². The molecule has 128 valence electrons. The van der Waals surface area contributed by atoms with Crippen molar-refractivity contribution < 1.29 is 9.90 Å². The molecule has 1 aliphatic rings. The minimum absolute atomic E-state index is 0.114. The van der Waals surface area contributed by atoms with Gasteiger partial charge < -0.3 is 10.4 Å². The minimum Gasteiger partial charge on any atom is -0.507 e. The summed E-state index contributed by atoms with van der Waals surface area (Å²) >= 11 is 13.4. The van der Waals surface area contributed by atoms with E-state index in [1.165, 1.54) is 18.0 Å². The topological polar surface area (TPSA) is 74.0 Å². The molecule has 0 saturated carbocycles. The molecule has 1 heterocycles. The largest absolute Gasteiger partial charge is 0.507 e. The fourth-order valence-electron chi connectivity index (χ4n) is 2.23. The van der Waals surface area contributed by atoms with Gasteiger partial charge in [0.05, 0.1) is 11.5 Å². The van der Waals surface area contributed by atoms with Crippen molar-refractivity contribution in [2.75, 3.05) is 0 Å². The van der Waals surface area contributed by atoms with Gasteiger partial charge in [-0.2, -0.15) is 5.10 Å². The summed E-state index contributed by atoms with van der Waals surface area (Å²) in [5.74, 6) is -0.0411. The summed E-state index contributed by atoms with van der Waals surface area (Å²) in [5, 5.41) is 21.4. The highest BCUT2D eigenvalue weighted by Crippen LogP contribution is 2.28. The summed E-state index contributed by atoms with van der Waals surface area (Å²) < 4.78 is 0. The number of thioether (sulfide) groups is 1. The number of halogens is 2. The van der Waals surface area contributed by atoms with Crippen LogP contribution < -0.4 is 5.32 Å². The summed E-state index contributed by atoms with van der Waals surface area (Å²) in [4.78, 5) is 12.1. The van der Waals surface area contributed by atoms with Gasteiger partial charge in [0.15, 0.2) is 5.17 Å². The van der Waals surface area contributed by atoms with E-state index in [-0.39, 0.29) is 16.9 Å². The Morgan fingerprint density at radius 2 is 2.04 bits per heavy atom. The number of hydrogen-bond acceptors (Lipinski definition) is 5. The van der Waals surface area contributed by atoms with Crippen molar-refractivity contribution in [1.29, 1.82) is 0 Å². The molecular formula is C17H13Cl2N3O2S. The summed E-state index contributed by atoms with van der Waals surface area (Å²) in [6.07, 6.45) is 1.87. The first-order valence-corrected chi connectivity index (χ1v) is 8.97. The first-order valence-electron chi connectivity index (χ1n) is 7.33. The van der Waals surface area contributed by atoms with E-state index in [0.717, 1.165) is 5.56 Å². The highest BCUT2D eigenvalue weighted by molar-refractivity contribution is 8.15. The van der Waals surface area contributed by atoms with Gasteiger partial charge >= 0.3 is 0 Å². The van der Waals surface area contributed by atoms with Crippen molar-refractivity contribution >= 4 is 52.3 Å². The molecule has 3 rings (SSSR count). The zero-order chi connectivity index (χ0) is 17.8. The van der Waals surface area contributed by atoms with Crippen LogP contribution in [0.1, 0.15) is 11.1 Å². The Morgan fingerprint density at radius 1 is 1.24 bits per heavy atom. The second-order valence-corrected chi connectivity index (χ2v) is 7.28. The van der Waals surface area contributed by atoms with Gasteiger partial charge in [0.2, 0.25) is 5.91 Å². The molecule has 0 radical (unpaired) electrons. The fourth-order valence-corrected chi connectivity index (χ4v) is 3.57. The molecule has 2 aromatic carbocycles. The summed E-state index contributed by atoms with van der Waals surface area (Å²) in [7, 11) is 0. The SMILES string of the molecule is O=C1N/C(=N\N=C\c2ccccc2O)S[C@@H]1Cc1cc(Cl)ccc1Cl. The Morgan fingerprint density at radius 3 is 2.84 bits per heavy atom. The predicted molar refractivity (Wildman–Crippen MR) is 103 cm³/mol. The molecule has 8 heteroatoms. The van der Waals surface area contributed by atoms with Crippen molar-refractivity contribution in [2.45, 2.75) is 11.7 Å². The van der Waals surface area contributed by atoms with E-state index >= 15 is 0 Å². The normalized spacial score (nSPS) is 18.9. The van der Waals surface area contributed by atoms with Crippen LogP contribution in [0.5, 0.6) is 5.75 Å². The van der Waals surface area contributed by atoms with Gasteiger partial charge in [-0.3, -0.25) is 4.79 Å². The van der Waals surface area contributed by atoms with Crippen LogP contribution in [-0.2, 0) is 11.2 Å². The number of phenols is 1. The van der Waals surface area contributed by atoms with Gasteiger partial charge in [-0.1, -0.05) is 47.1 Å². The number of phenolic OH excluding ortho intramolecular Hbond substituents is 1. The Kier molecular flexibility index (Phi) is 5.63. The van der Waals surface area contributed by atoms with Crippen LogP contribution in [0.15, 0.2) is 52.7 Å². The quantitative estimate of drug-likeness (QED) is 0.611. The van der Waals surface area contributed by atoms with Crippen LogP contribution in [0.2, 0.25) is 10.0 Å². The zero-order valence-electron chi connectivity index (χ0n) is 12.8. The highest BCUT2D eigenvalue weighted by Gasteiger charge is 2.31. The number of carbonyl (C=O) groups excluding carboxylic acids is 1. The lowest BCUT2D eigenvalue weighted by Gasteiger charge is -2.07. The first kappa shape index (κ1) is 17.8. The van der Waals surface area contributed by atoms with Gasteiger partial charge in [0.1, 0.15) is 5.75 Å². The Bertz CT molecular complexity index is 871. The van der Waals surface area contributed by atoms with E-state index in [2.05, 4.69) is 15.5 Å². The maximum Gasteiger partial charge on any atom is 0.239 e. The average molecular weight is 394 g/mol. The average Bonchev–Trinajstić information content (AvgIpc) is 2.92. The molecule has 1 saturated heterocycles. The third-order valence-electron chi connectivity index (χ3n) is 3.47. The number of rotatable bonds is 4. The smallest absolute Gasteiger partial charge is 0.239 e. The number of amides is 1. The van der Waals surface area contributed by atoms with Crippen LogP contribution in [0.3, 0.4) is 0 Å². The summed E-state index contributed by atoms with van der Waals surface area (Å²) in [6.45, 7) is 0. The molecule has 0 spiro atoms. The van der Waals surface area contributed by atoms with Gasteiger partial charge in [0, 0.05) is 15.6 Å².